The number of nitrogens with zero attached hydrogens (tertiary/aromatic N) is 3. The van der Waals surface area contributed by atoms with Crippen molar-refractivity contribution in [1.82, 2.24) is 14.7 Å². The van der Waals surface area contributed by atoms with E-state index in [1.165, 1.54) is 0 Å². The van der Waals surface area contributed by atoms with E-state index in [-0.39, 0.29) is 11.9 Å². The van der Waals surface area contributed by atoms with E-state index < -0.39 is 0 Å². The first-order valence-electron chi connectivity index (χ1n) is 7.49. The normalized spacial score (nSPS) is 11.8. The van der Waals surface area contributed by atoms with Gasteiger partial charge in [-0.1, -0.05) is 6.07 Å². The maximum Gasteiger partial charge on any atom is 0.224 e. The molecule has 0 aliphatic rings. The van der Waals surface area contributed by atoms with Crippen molar-refractivity contribution in [2.45, 2.75) is 25.9 Å². The number of methoxy groups -OCH3 is 2. The number of ether oxygens (including phenoxy) is 2. The molecule has 1 atom stereocenters. The Morgan fingerprint density at radius 2 is 2.04 bits per heavy atom. The molecule has 1 heterocycles. The topological polar surface area (TPSA) is 56.6 Å². The van der Waals surface area contributed by atoms with Crippen LogP contribution in [0, 0.1) is 0 Å². The van der Waals surface area contributed by atoms with E-state index in [0.717, 1.165) is 5.56 Å². The van der Waals surface area contributed by atoms with Crippen molar-refractivity contribution in [2.75, 3.05) is 21.3 Å². The monoisotopic (exact) mass is 317 g/mol. The second-order valence-electron chi connectivity index (χ2n) is 5.48. The van der Waals surface area contributed by atoms with Crippen molar-refractivity contribution in [3.05, 3.63) is 42.2 Å². The highest BCUT2D eigenvalue weighted by Gasteiger charge is 2.16. The molecule has 2 aromatic rings. The molecule has 0 unspecified atom stereocenters. The smallest absolute Gasteiger partial charge is 0.224 e. The van der Waals surface area contributed by atoms with Gasteiger partial charge in [0.2, 0.25) is 5.91 Å². The number of amides is 1. The van der Waals surface area contributed by atoms with Crippen LogP contribution in [0.15, 0.2) is 36.7 Å². The maximum absolute atomic E-state index is 12.4. The Kier molecular flexibility index (Phi) is 5.62. The molecule has 6 heteroatoms. The number of carbonyl (C=O) groups is 1. The number of hydrogen-bond acceptors (Lipinski definition) is 4. The largest absolute Gasteiger partial charge is 0.493 e. The summed E-state index contributed by atoms with van der Waals surface area (Å²) in [5.41, 5.74) is 0.991. The third kappa shape index (κ3) is 4.25. The average Bonchev–Trinajstić information content (AvgIpc) is 3.09. The second-order valence-corrected chi connectivity index (χ2v) is 5.48. The molecule has 1 aromatic carbocycles. The lowest BCUT2D eigenvalue weighted by molar-refractivity contribution is -0.131. The Morgan fingerprint density at radius 1 is 1.30 bits per heavy atom. The van der Waals surface area contributed by atoms with Crippen molar-refractivity contribution < 1.29 is 14.3 Å². The molecule has 1 amide bonds. The molecule has 0 N–H and O–H groups in total. The zero-order valence-electron chi connectivity index (χ0n) is 14.0. The molecule has 0 fully saturated rings. The van der Waals surface area contributed by atoms with Crippen LogP contribution in [0.4, 0.5) is 0 Å². The van der Waals surface area contributed by atoms with E-state index in [1.807, 2.05) is 37.4 Å². The van der Waals surface area contributed by atoms with Crippen LogP contribution < -0.4 is 9.47 Å². The van der Waals surface area contributed by atoms with E-state index in [4.69, 9.17) is 9.47 Å². The molecule has 1 aromatic heterocycles. The molecule has 0 saturated carbocycles. The van der Waals surface area contributed by atoms with Gasteiger partial charge in [-0.05, 0) is 30.7 Å². The Morgan fingerprint density at radius 3 is 2.65 bits per heavy atom. The molecule has 0 radical (unpaired) electrons. The zero-order chi connectivity index (χ0) is 16.8. The summed E-state index contributed by atoms with van der Waals surface area (Å²) in [5, 5.41) is 4.17. The fourth-order valence-electron chi connectivity index (χ4n) is 2.38. The lowest BCUT2D eigenvalue weighted by Gasteiger charge is -2.20. The summed E-state index contributed by atoms with van der Waals surface area (Å²) in [5.74, 6) is 1.41. The van der Waals surface area contributed by atoms with Gasteiger partial charge in [0.05, 0.1) is 20.3 Å². The SMILES string of the molecule is COc1ccc(CN(C)C(=O)C[C@H](C)n2cccn2)cc1OC. The minimum atomic E-state index is 0.0327. The highest BCUT2D eigenvalue weighted by molar-refractivity contribution is 5.76. The van der Waals surface area contributed by atoms with Gasteiger partial charge in [0.25, 0.3) is 0 Å². The van der Waals surface area contributed by atoms with E-state index in [9.17, 15) is 4.79 Å². The Labute approximate surface area is 136 Å². The van der Waals surface area contributed by atoms with Crippen LogP contribution in [-0.2, 0) is 11.3 Å². The molecule has 0 bridgehead atoms. The summed E-state index contributed by atoms with van der Waals surface area (Å²) in [6.45, 7) is 2.50. The van der Waals surface area contributed by atoms with Gasteiger partial charge in [-0.15, -0.1) is 0 Å². The van der Waals surface area contributed by atoms with Crippen LogP contribution in [0.3, 0.4) is 0 Å². The van der Waals surface area contributed by atoms with Crippen LogP contribution in [0.2, 0.25) is 0 Å². The van der Waals surface area contributed by atoms with Crippen LogP contribution >= 0.6 is 0 Å². The molecular weight excluding hydrogens is 294 g/mol. The summed E-state index contributed by atoms with van der Waals surface area (Å²) in [7, 11) is 5.00. The van der Waals surface area contributed by atoms with E-state index in [1.54, 1.807) is 37.0 Å². The molecule has 124 valence electrons. The minimum Gasteiger partial charge on any atom is -0.493 e. The average molecular weight is 317 g/mol. The number of rotatable bonds is 7. The van der Waals surface area contributed by atoms with Crippen LogP contribution in [0.5, 0.6) is 11.5 Å². The molecule has 2 rings (SSSR count). The standard InChI is InChI=1S/C17H23N3O3/c1-13(20-9-5-8-18-20)10-17(21)19(2)12-14-6-7-15(22-3)16(11-14)23-4/h5-9,11,13H,10,12H2,1-4H3/t13-/m0/s1. The Bertz CT molecular complexity index is 641. The molecule has 0 spiro atoms. The summed E-state index contributed by atoms with van der Waals surface area (Å²) in [6, 6.07) is 7.56. The third-order valence-corrected chi connectivity index (χ3v) is 3.74. The highest BCUT2D eigenvalue weighted by atomic mass is 16.5. The van der Waals surface area contributed by atoms with Gasteiger partial charge in [-0.3, -0.25) is 9.48 Å². The second kappa shape index (κ2) is 7.67. The van der Waals surface area contributed by atoms with Gasteiger partial charge < -0.3 is 14.4 Å². The van der Waals surface area contributed by atoms with Gasteiger partial charge >= 0.3 is 0 Å². The van der Waals surface area contributed by atoms with E-state index >= 15 is 0 Å². The van der Waals surface area contributed by atoms with Gasteiger partial charge in [0.15, 0.2) is 11.5 Å². The third-order valence-electron chi connectivity index (χ3n) is 3.74. The van der Waals surface area contributed by atoms with Crippen molar-refractivity contribution in [3.63, 3.8) is 0 Å². The summed E-state index contributed by atoms with van der Waals surface area (Å²) in [4.78, 5) is 14.1. The van der Waals surface area contributed by atoms with Gasteiger partial charge in [-0.25, -0.2) is 0 Å². The van der Waals surface area contributed by atoms with Crippen LogP contribution in [0.25, 0.3) is 0 Å². The summed E-state index contributed by atoms with van der Waals surface area (Å²) >= 11 is 0. The number of benzene rings is 1. The fourth-order valence-corrected chi connectivity index (χ4v) is 2.38. The van der Waals surface area contributed by atoms with E-state index in [0.29, 0.717) is 24.5 Å². The lowest BCUT2D eigenvalue weighted by Crippen LogP contribution is -2.28. The molecule has 0 aliphatic heterocycles. The van der Waals surface area contributed by atoms with Crippen molar-refractivity contribution >= 4 is 5.91 Å². The number of aromatic nitrogens is 2. The van der Waals surface area contributed by atoms with E-state index in [2.05, 4.69) is 5.10 Å². The highest BCUT2D eigenvalue weighted by Crippen LogP contribution is 2.28. The quantitative estimate of drug-likeness (QED) is 0.787. The van der Waals surface area contributed by atoms with Crippen LogP contribution in [-0.4, -0.2) is 41.9 Å². The minimum absolute atomic E-state index is 0.0327. The molecule has 0 saturated heterocycles. The first-order valence-corrected chi connectivity index (χ1v) is 7.49. The number of carbonyl (C=O) groups excluding carboxylic acids is 1. The Hall–Kier alpha value is -2.50. The first kappa shape index (κ1) is 16.9. The fraction of sp³-hybridized carbons (Fsp3) is 0.412. The first-order chi connectivity index (χ1) is 11.0. The number of hydrogen-bond donors (Lipinski definition) is 0. The van der Waals surface area contributed by atoms with Gasteiger partial charge in [0, 0.05) is 32.4 Å². The van der Waals surface area contributed by atoms with Crippen molar-refractivity contribution in [3.8, 4) is 11.5 Å². The molecule has 0 aliphatic carbocycles. The van der Waals surface area contributed by atoms with Crippen LogP contribution in [0.1, 0.15) is 24.9 Å². The van der Waals surface area contributed by atoms with Gasteiger partial charge in [-0.2, -0.15) is 5.10 Å². The predicted octanol–water partition coefficient (Wildman–Crippen LogP) is 2.51. The molecule has 23 heavy (non-hydrogen) atoms. The maximum atomic E-state index is 12.4. The lowest BCUT2D eigenvalue weighted by atomic mass is 10.1. The summed E-state index contributed by atoms with van der Waals surface area (Å²) in [6.07, 6.45) is 3.99. The molecule has 6 nitrogen and oxygen atoms in total. The van der Waals surface area contributed by atoms with Crippen molar-refractivity contribution in [1.29, 1.82) is 0 Å². The molecular formula is C17H23N3O3. The summed E-state index contributed by atoms with van der Waals surface area (Å²) < 4.78 is 12.3. The van der Waals surface area contributed by atoms with Gasteiger partial charge in [0.1, 0.15) is 0 Å². The Balaban J connectivity index is 1.98. The van der Waals surface area contributed by atoms with Crippen molar-refractivity contribution in [2.24, 2.45) is 0 Å². The predicted molar refractivity (Wildman–Crippen MR) is 87.6 cm³/mol. The zero-order valence-corrected chi connectivity index (χ0v) is 14.0.